The predicted octanol–water partition coefficient (Wildman–Crippen LogP) is 2.89. The van der Waals surface area contributed by atoms with Crippen molar-refractivity contribution in [2.24, 2.45) is 0 Å². The Morgan fingerprint density at radius 1 is 0.913 bits per heavy atom. The molecule has 0 saturated heterocycles. The van der Waals surface area contributed by atoms with Crippen molar-refractivity contribution in [3.63, 3.8) is 0 Å². The quantitative estimate of drug-likeness (QED) is 0.636. The monoisotopic (exact) mass is 353 g/mol. The Bertz CT molecular complexity index is 740. The standard InChI is InChI=1S/C15H16NO5PS/c1-11-3-7-13(8-4-11)20-15(23(18,19)22(16)17)21-14-9-5-12(2)6-10-14/h3-10,15-16H,1-2H3. The molecule has 8 heteroatoms. The van der Waals surface area contributed by atoms with Crippen LogP contribution in [0.1, 0.15) is 11.1 Å². The summed E-state index contributed by atoms with van der Waals surface area (Å²) in [7, 11) is -7.69. The number of benzene rings is 2. The second kappa shape index (κ2) is 7.08. The molecule has 1 atom stereocenters. The van der Waals surface area contributed by atoms with Crippen LogP contribution < -0.4 is 14.4 Å². The zero-order valence-corrected chi connectivity index (χ0v) is 14.3. The third kappa shape index (κ3) is 4.51. The highest BCUT2D eigenvalue weighted by Crippen LogP contribution is 2.29. The number of hydrogen-bond donors (Lipinski definition) is 1. The van der Waals surface area contributed by atoms with E-state index in [0.717, 1.165) is 11.1 Å². The van der Waals surface area contributed by atoms with Crippen LogP contribution in [0.25, 0.3) is 0 Å². The molecule has 0 spiro atoms. The van der Waals surface area contributed by atoms with Gasteiger partial charge in [-0.2, -0.15) is 8.42 Å². The van der Waals surface area contributed by atoms with E-state index < -0.39 is 22.2 Å². The van der Waals surface area contributed by atoms with E-state index >= 15 is 0 Å². The second-order valence-electron chi connectivity index (χ2n) is 4.92. The molecule has 0 bridgehead atoms. The van der Waals surface area contributed by atoms with Gasteiger partial charge in [-0.25, -0.2) is 0 Å². The first kappa shape index (κ1) is 17.4. The van der Waals surface area contributed by atoms with E-state index in [-0.39, 0.29) is 11.5 Å². The minimum Gasteiger partial charge on any atom is -0.598 e. The van der Waals surface area contributed by atoms with Crippen molar-refractivity contribution in [1.29, 1.82) is 5.16 Å². The lowest BCUT2D eigenvalue weighted by Gasteiger charge is -2.17. The Labute approximate surface area is 135 Å². The Kier molecular flexibility index (Phi) is 5.36. The van der Waals surface area contributed by atoms with Gasteiger partial charge in [0.05, 0.1) is 0 Å². The Morgan fingerprint density at radius 3 is 1.57 bits per heavy atom. The Balaban J connectivity index is 2.30. The fourth-order valence-corrected chi connectivity index (χ4v) is 3.03. The molecule has 0 fully saturated rings. The number of hydrogen-bond acceptors (Lipinski definition) is 6. The molecule has 0 aromatic heterocycles. The molecule has 2 aromatic carbocycles. The largest absolute Gasteiger partial charge is 0.598 e. The molecule has 2 aromatic rings. The molecule has 1 unspecified atom stereocenters. The molecule has 0 aliphatic carbocycles. The first-order chi connectivity index (χ1) is 10.8. The van der Waals surface area contributed by atoms with Crippen LogP contribution in [0, 0.1) is 19.0 Å². The van der Waals surface area contributed by atoms with Crippen LogP contribution in [0.5, 0.6) is 11.5 Å². The molecule has 6 nitrogen and oxygen atoms in total. The molecular weight excluding hydrogens is 337 g/mol. The van der Waals surface area contributed by atoms with Gasteiger partial charge < -0.3 is 14.4 Å². The van der Waals surface area contributed by atoms with E-state index in [4.69, 9.17) is 14.6 Å². The van der Waals surface area contributed by atoms with E-state index in [1.54, 1.807) is 48.5 Å². The molecule has 122 valence electrons. The number of nitrogens with one attached hydrogen (secondary N) is 1. The summed E-state index contributed by atoms with van der Waals surface area (Å²) in [5.41, 5.74) is 0.0968. The molecule has 0 aliphatic heterocycles. The summed E-state index contributed by atoms with van der Waals surface area (Å²) >= 11 is 0. The second-order valence-corrected chi connectivity index (χ2v) is 9.37. The summed E-state index contributed by atoms with van der Waals surface area (Å²) in [5.74, 6) is 0.487. The topological polar surface area (TPSA) is 99.5 Å². The van der Waals surface area contributed by atoms with Crippen LogP contribution >= 0.6 is 7.14 Å². The van der Waals surface area contributed by atoms with Crippen molar-refractivity contribution in [3.8, 4) is 11.5 Å². The van der Waals surface area contributed by atoms with Crippen molar-refractivity contribution in [2.75, 3.05) is 0 Å². The fraction of sp³-hybridized carbons (Fsp3) is 0.200. The molecular formula is C15H16NO5PS. The average molecular weight is 353 g/mol. The van der Waals surface area contributed by atoms with E-state index in [1.165, 1.54) is 0 Å². The maximum absolute atomic E-state index is 12.1. The molecule has 0 amide bonds. The van der Waals surface area contributed by atoms with E-state index in [9.17, 15) is 13.3 Å². The van der Waals surface area contributed by atoms with Gasteiger partial charge in [-0.05, 0) is 38.1 Å². The average Bonchev–Trinajstić information content (AvgIpc) is 2.50. The summed E-state index contributed by atoms with van der Waals surface area (Å²) in [6.07, 6.45) is 0. The van der Waals surface area contributed by atoms with E-state index in [0.29, 0.717) is 0 Å². The van der Waals surface area contributed by atoms with Crippen molar-refractivity contribution in [2.45, 2.75) is 19.5 Å². The van der Waals surface area contributed by atoms with Gasteiger partial charge in [0.15, 0.2) is 0 Å². The van der Waals surface area contributed by atoms with Gasteiger partial charge in [-0.3, -0.25) is 0 Å². The molecule has 2 rings (SSSR count). The zero-order chi connectivity index (χ0) is 17.0. The highest BCUT2D eigenvalue weighted by molar-refractivity contribution is 8.44. The van der Waals surface area contributed by atoms with Crippen LogP contribution in [0.15, 0.2) is 48.5 Å². The molecule has 0 heterocycles. The third-order valence-electron chi connectivity index (χ3n) is 2.98. The number of ether oxygens (including phenoxy) is 2. The number of aryl methyl sites for hydroxylation is 2. The lowest BCUT2D eigenvalue weighted by atomic mass is 10.2. The fourth-order valence-electron chi connectivity index (χ4n) is 1.68. The molecule has 0 saturated carbocycles. The van der Waals surface area contributed by atoms with Gasteiger partial charge >= 0.3 is 22.2 Å². The minimum absolute atomic E-state index is 0.244. The molecule has 23 heavy (non-hydrogen) atoms. The van der Waals surface area contributed by atoms with E-state index in [1.807, 2.05) is 13.8 Å². The normalized spacial score (nSPS) is 12.1. The van der Waals surface area contributed by atoms with Crippen molar-refractivity contribution < 1.29 is 22.8 Å². The van der Waals surface area contributed by atoms with Crippen molar-refractivity contribution in [3.05, 3.63) is 59.7 Å². The van der Waals surface area contributed by atoms with Gasteiger partial charge in [0.1, 0.15) is 11.5 Å². The minimum atomic E-state index is -4.42. The first-order valence-corrected chi connectivity index (χ1v) is 10.1. The van der Waals surface area contributed by atoms with Crippen molar-refractivity contribution in [1.82, 2.24) is 0 Å². The Morgan fingerprint density at radius 2 is 1.26 bits per heavy atom. The summed E-state index contributed by atoms with van der Waals surface area (Å²) in [4.78, 5) is 11.3. The van der Waals surface area contributed by atoms with Crippen LogP contribution in [0.4, 0.5) is 0 Å². The smallest absolute Gasteiger partial charge is 0.400 e. The summed E-state index contributed by atoms with van der Waals surface area (Å²) in [6, 6.07) is 13.3. The highest BCUT2D eigenvalue weighted by atomic mass is 32.8. The van der Waals surface area contributed by atoms with Gasteiger partial charge in [-0.15, -0.1) is 5.16 Å². The zero-order valence-electron chi connectivity index (χ0n) is 12.6. The molecule has 0 aliphatic rings. The maximum Gasteiger partial charge on any atom is 0.400 e. The van der Waals surface area contributed by atoms with Crippen molar-refractivity contribution >= 4 is 16.6 Å². The SMILES string of the molecule is Cc1ccc(OC(Oc2ccc(C)cc2)S(=O)(=O)[P+](=N)[O-])cc1. The first-order valence-electron chi connectivity index (χ1n) is 6.68. The lowest BCUT2D eigenvalue weighted by Crippen LogP contribution is -2.32. The Hall–Kier alpha value is -1.95. The maximum atomic E-state index is 12.1. The third-order valence-corrected chi connectivity index (χ3v) is 6.03. The van der Waals surface area contributed by atoms with E-state index in [2.05, 4.69) is 0 Å². The molecule has 1 N–H and O–H groups in total. The molecule has 0 radical (unpaired) electrons. The summed E-state index contributed by atoms with van der Waals surface area (Å²) < 4.78 is 34.7. The van der Waals surface area contributed by atoms with Gasteiger partial charge in [0, 0.05) is 0 Å². The summed E-state index contributed by atoms with van der Waals surface area (Å²) in [6.45, 7) is 3.75. The van der Waals surface area contributed by atoms with Crippen LogP contribution in [0.3, 0.4) is 0 Å². The van der Waals surface area contributed by atoms with Crippen LogP contribution in [0.2, 0.25) is 0 Å². The van der Waals surface area contributed by atoms with Crippen LogP contribution in [-0.4, -0.2) is 14.0 Å². The predicted molar refractivity (Wildman–Crippen MR) is 86.0 cm³/mol. The van der Waals surface area contributed by atoms with Gasteiger partial charge in [0.2, 0.25) is 0 Å². The number of rotatable bonds is 6. The summed E-state index contributed by atoms with van der Waals surface area (Å²) in [5, 5.41) is 7.07. The highest BCUT2D eigenvalue weighted by Gasteiger charge is 2.38. The lowest BCUT2D eigenvalue weighted by molar-refractivity contribution is -0.151. The van der Waals surface area contributed by atoms with Crippen LogP contribution in [-0.2, 0) is 9.46 Å². The van der Waals surface area contributed by atoms with Gasteiger partial charge in [-0.1, -0.05) is 35.4 Å². The van der Waals surface area contributed by atoms with Gasteiger partial charge in [0.25, 0.3) is 0 Å².